The third-order valence-corrected chi connectivity index (χ3v) is 4.54. The van der Waals surface area contributed by atoms with Crippen LogP contribution in [0.5, 0.6) is 0 Å². The number of carbonyl (C=O) groups excluding carboxylic acids is 7. The number of rotatable bonds is 15. The zero-order chi connectivity index (χ0) is 25.7. The lowest BCUT2D eigenvalue weighted by atomic mass is 10.1. The number of esters is 1. The molecule has 0 aromatic carbocycles. The van der Waals surface area contributed by atoms with Crippen LogP contribution in [0.2, 0.25) is 0 Å². The van der Waals surface area contributed by atoms with Gasteiger partial charge in [-0.1, -0.05) is 0 Å². The van der Waals surface area contributed by atoms with Crippen LogP contribution in [0.4, 0.5) is 0 Å². The number of Topliss-reactive ketones (excluding diaryl/α,β-unsaturated/α-hetero) is 2. The average Bonchev–Trinajstić information content (AvgIpc) is 3.05. The van der Waals surface area contributed by atoms with E-state index in [-0.39, 0.29) is 75.7 Å². The van der Waals surface area contributed by atoms with Gasteiger partial charge >= 0.3 is 5.97 Å². The minimum absolute atomic E-state index is 0.0425. The monoisotopic (exact) mass is 479 g/mol. The van der Waals surface area contributed by atoms with E-state index in [1.54, 1.807) is 20.8 Å². The standard InChI is InChI=1S/C23H33N3O8/c1-23(2,3)34-22(33)8-4-6-16(27)14-25-19(30)10-9-17(28)15-24-18(29)7-5-13-26-20(31)11-12-21(26)32/h11-12H,4-10,13-15H2,1-3H3,(H,24,29)(H,25,30). The Bertz CT molecular complexity index is 824. The van der Waals surface area contributed by atoms with Crippen molar-refractivity contribution in [3.63, 3.8) is 0 Å². The minimum Gasteiger partial charge on any atom is -0.460 e. The molecule has 11 heteroatoms. The molecule has 0 radical (unpaired) electrons. The van der Waals surface area contributed by atoms with Crippen molar-refractivity contribution in [2.24, 2.45) is 0 Å². The quantitative estimate of drug-likeness (QED) is 0.252. The molecule has 2 N–H and O–H groups in total. The van der Waals surface area contributed by atoms with Crippen molar-refractivity contribution in [3.8, 4) is 0 Å². The van der Waals surface area contributed by atoms with E-state index in [9.17, 15) is 33.6 Å². The summed E-state index contributed by atoms with van der Waals surface area (Å²) >= 11 is 0. The van der Waals surface area contributed by atoms with Crippen molar-refractivity contribution in [2.75, 3.05) is 19.6 Å². The lowest BCUT2D eigenvalue weighted by molar-refractivity contribution is -0.155. The molecule has 0 aliphatic carbocycles. The summed E-state index contributed by atoms with van der Waals surface area (Å²) in [5.41, 5.74) is -0.580. The maximum atomic E-state index is 11.9. The van der Waals surface area contributed by atoms with Gasteiger partial charge in [0.25, 0.3) is 11.8 Å². The molecule has 0 unspecified atom stereocenters. The largest absolute Gasteiger partial charge is 0.460 e. The van der Waals surface area contributed by atoms with Gasteiger partial charge in [0.1, 0.15) is 5.60 Å². The fourth-order valence-electron chi connectivity index (χ4n) is 2.87. The van der Waals surface area contributed by atoms with E-state index in [0.717, 1.165) is 4.90 Å². The first-order valence-electron chi connectivity index (χ1n) is 11.2. The smallest absolute Gasteiger partial charge is 0.306 e. The average molecular weight is 480 g/mol. The van der Waals surface area contributed by atoms with E-state index in [1.807, 2.05) is 0 Å². The number of ketones is 2. The van der Waals surface area contributed by atoms with Gasteiger partial charge in [-0.2, -0.15) is 0 Å². The molecule has 34 heavy (non-hydrogen) atoms. The summed E-state index contributed by atoms with van der Waals surface area (Å²) in [6, 6.07) is 0. The Morgan fingerprint density at radius 1 is 0.765 bits per heavy atom. The second-order valence-electron chi connectivity index (χ2n) is 8.84. The Morgan fingerprint density at radius 2 is 1.29 bits per heavy atom. The molecule has 11 nitrogen and oxygen atoms in total. The lowest BCUT2D eigenvalue weighted by Crippen LogP contribution is -2.34. The third kappa shape index (κ3) is 12.6. The molecule has 0 fully saturated rings. The molecule has 0 aromatic rings. The van der Waals surface area contributed by atoms with Crippen molar-refractivity contribution in [1.82, 2.24) is 15.5 Å². The predicted molar refractivity (Wildman–Crippen MR) is 120 cm³/mol. The highest BCUT2D eigenvalue weighted by Crippen LogP contribution is 2.10. The number of hydrogen-bond acceptors (Lipinski definition) is 8. The summed E-state index contributed by atoms with van der Waals surface area (Å²) in [6.07, 6.45) is 2.99. The van der Waals surface area contributed by atoms with Gasteiger partial charge in [-0.15, -0.1) is 0 Å². The van der Waals surface area contributed by atoms with Gasteiger partial charge in [0.2, 0.25) is 11.8 Å². The van der Waals surface area contributed by atoms with E-state index in [2.05, 4.69) is 10.6 Å². The molecule has 4 amide bonds. The molecule has 0 atom stereocenters. The molecular formula is C23H33N3O8. The number of nitrogens with zero attached hydrogens (tertiary/aromatic N) is 1. The number of ether oxygens (including phenoxy) is 1. The van der Waals surface area contributed by atoms with E-state index >= 15 is 0 Å². The highest BCUT2D eigenvalue weighted by Gasteiger charge is 2.22. The molecule has 0 aromatic heterocycles. The Kier molecular flexibility index (Phi) is 11.8. The lowest BCUT2D eigenvalue weighted by Gasteiger charge is -2.19. The van der Waals surface area contributed by atoms with Crippen molar-refractivity contribution >= 4 is 41.2 Å². The van der Waals surface area contributed by atoms with Gasteiger partial charge in [-0.05, 0) is 33.6 Å². The van der Waals surface area contributed by atoms with Crippen LogP contribution < -0.4 is 10.6 Å². The summed E-state index contributed by atoms with van der Waals surface area (Å²) in [6.45, 7) is 4.97. The minimum atomic E-state index is -0.580. The van der Waals surface area contributed by atoms with Crippen LogP contribution in [0.3, 0.4) is 0 Å². The van der Waals surface area contributed by atoms with Crippen LogP contribution in [0.15, 0.2) is 12.2 Å². The van der Waals surface area contributed by atoms with Gasteiger partial charge in [0.05, 0.1) is 13.1 Å². The number of carbonyl (C=O) groups is 7. The highest BCUT2D eigenvalue weighted by atomic mass is 16.6. The molecule has 0 bridgehead atoms. The summed E-state index contributed by atoms with van der Waals surface area (Å²) < 4.78 is 5.15. The van der Waals surface area contributed by atoms with E-state index in [4.69, 9.17) is 4.74 Å². The van der Waals surface area contributed by atoms with Crippen LogP contribution in [0.1, 0.15) is 65.7 Å². The van der Waals surface area contributed by atoms with Crippen LogP contribution in [-0.2, 0) is 38.3 Å². The molecule has 0 saturated heterocycles. The van der Waals surface area contributed by atoms with Crippen molar-refractivity contribution in [3.05, 3.63) is 12.2 Å². The molecule has 1 aliphatic heterocycles. The highest BCUT2D eigenvalue weighted by molar-refractivity contribution is 6.12. The molecule has 0 spiro atoms. The van der Waals surface area contributed by atoms with Gasteiger partial charge in [-0.3, -0.25) is 38.5 Å². The summed E-state index contributed by atoms with van der Waals surface area (Å²) in [7, 11) is 0. The van der Waals surface area contributed by atoms with Crippen LogP contribution in [0.25, 0.3) is 0 Å². The Labute approximate surface area is 198 Å². The first-order chi connectivity index (χ1) is 15.9. The summed E-state index contributed by atoms with van der Waals surface area (Å²) in [4.78, 5) is 82.7. The van der Waals surface area contributed by atoms with Gasteiger partial charge in [0, 0.05) is 50.8 Å². The fraction of sp³-hybridized carbons (Fsp3) is 0.609. The van der Waals surface area contributed by atoms with E-state index < -0.39 is 29.2 Å². The van der Waals surface area contributed by atoms with Crippen molar-refractivity contribution < 1.29 is 38.3 Å². The number of hydrogen-bond donors (Lipinski definition) is 2. The van der Waals surface area contributed by atoms with Crippen LogP contribution in [0, 0.1) is 0 Å². The van der Waals surface area contributed by atoms with E-state index in [1.165, 1.54) is 12.2 Å². The molecule has 188 valence electrons. The number of amides is 4. The Morgan fingerprint density at radius 3 is 1.85 bits per heavy atom. The fourth-order valence-corrected chi connectivity index (χ4v) is 2.87. The molecular weight excluding hydrogens is 446 g/mol. The normalized spacial score (nSPS) is 13.1. The van der Waals surface area contributed by atoms with Gasteiger partial charge < -0.3 is 15.4 Å². The van der Waals surface area contributed by atoms with Crippen LogP contribution >= 0.6 is 0 Å². The maximum absolute atomic E-state index is 11.9. The third-order valence-electron chi connectivity index (χ3n) is 4.54. The maximum Gasteiger partial charge on any atom is 0.306 e. The SMILES string of the molecule is CC(C)(C)OC(=O)CCCC(=O)CNC(=O)CCC(=O)CNC(=O)CCCN1C(=O)C=CC1=O. The molecule has 1 heterocycles. The second-order valence-corrected chi connectivity index (χ2v) is 8.84. The van der Waals surface area contributed by atoms with Gasteiger partial charge in [-0.25, -0.2) is 0 Å². The number of nitrogens with one attached hydrogen (secondary N) is 2. The zero-order valence-corrected chi connectivity index (χ0v) is 19.9. The van der Waals surface area contributed by atoms with Crippen molar-refractivity contribution in [1.29, 1.82) is 0 Å². The second kappa shape index (κ2) is 14.0. The number of imide groups is 1. The first kappa shape index (κ1) is 28.7. The van der Waals surface area contributed by atoms with E-state index in [0.29, 0.717) is 6.42 Å². The zero-order valence-electron chi connectivity index (χ0n) is 19.9. The molecule has 1 aliphatic rings. The molecule has 0 saturated carbocycles. The Hall–Kier alpha value is -3.37. The predicted octanol–water partition coefficient (Wildman–Crippen LogP) is 0.354. The van der Waals surface area contributed by atoms with Crippen LogP contribution in [-0.4, -0.2) is 71.3 Å². The Balaban J connectivity index is 2.09. The summed E-state index contributed by atoms with van der Waals surface area (Å²) in [5, 5.41) is 4.87. The van der Waals surface area contributed by atoms with Gasteiger partial charge in [0.15, 0.2) is 11.6 Å². The first-order valence-corrected chi connectivity index (χ1v) is 11.2. The van der Waals surface area contributed by atoms with Crippen molar-refractivity contribution in [2.45, 2.75) is 71.3 Å². The topological polar surface area (TPSA) is 156 Å². The molecule has 1 rings (SSSR count). The summed E-state index contributed by atoms with van der Waals surface area (Å²) in [5.74, 6) is -2.66.